The molecule has 0 aliphatic heterocycles. The molecule has 5 nitrogen and oxygen atoms in total. The van der Waals surface area contributed by atoms with Crippen LogP contribution in [0.1, 0.15) is 6.92 Å². The van der Waals surface area contributed by atoms with Gasteiger partial charge in [0, 0.05) is 17.6 Å². The first kappa shape index (κ1) is 17.7. The smallest absolute Gasteiger partial charge is 0.161 e. The van der Waals surface area contributed by atoms with E-state index in [4.69, 9.17) is 5.73 Å². The molecule has 28 heavy (non-hydrogen) atoms. The van der Waals surface area contributed by atoms with E-state index >= 15 is 0 Å². The topological polar surface area (TPSA) is 67.1 Å². The Balaban J connectivity index is 1.76. The molecular formula is C22H20FN5. The number of nitrogens with zero attached hydrogens (tertiary/aromatic N) is 3. The van der Waals surface area contributed by atoms with Crippen molar-refractivity contribution >= 4 is 39.5 Å². The summed E-state index contributed by atoms with van der Waals surface area (Å²) in [4.78, 5) is 10.8. The molecule has 0 bridgehead atoms. The molecule has 0 saturated heterocycles. The molecule has 3 N–H and O–H groups in total. The molecule has 140 valence electrons. The summed E-state index contributed by atoms with van der Waals surface area (Å²) in [5.41, 5.74) is 8.57. The van der Waals surface area contributed by atoms with Gasteiger partial charge in [-0.1, -0.05) is 36.4 Å². The second-order valence-corrected chi connectivity index (χ2v) is 6.33. The molecule has 1 heterocycles. The predicted molar refractivity (Wildman–Crippen MR) is 113 cm³/mol. The third-order valence-electron chi connectivity index (χ3n) is 4.60. The van der Waals surface area contributed by atoms with Gasteiger partial charge in [0.2, 0.25) is 0 Å². The SMILES string of the molecule is CCN(c1ncnc(Nc2ccc(F)cc2)c1N)c1cccc2ccccc12. The van der Waals surface area contributed by atoms with E-state index in [-0.39, 0.29) is 5.82 Å². The van der Waals surface area contributed by atoms with Crippen LogP contribution in [-0.4, -0.2) is 16.5 Å². The maximum atomic E-state index is 13.2. The van der Waals surface area contributed by atoms with Crippen LogP contribution < -0.4 is 16.0 Å². The van der Waals surface area contributed by atoms with E-state index in [2.05, 4.69) is 51.4 Å². The highest BCUT2D eigenvalue weighted by atomic mass is 19.1. The lowest BCUT2D eigenvalue weighted by atomic mass is 10.1. The number of aromatic nitrogens is 2. The average Bonchev–Trinajstić information content (AvgIpc) is 2.73. The van der Waals surface area contributed by atoms with Crippen LogP contribution in [0.25, 0.3) is 10.8 Å². The number of halogens is 1. The highest BCUT2D eigenvalue weighted by Crippen LogP contribution is 2.36. The van der Waals surface area contributed by atoms with E-state index in [9.17, 15) is 4.39 Å². The fraction of sp³-hybridized carbons (Fsp3) is 0.0909. The van der Waals surface area contributed by atoms with Gasteiger partial charge in [0.1, 0.15) is 17.8 Å². The number of fused-ring (bicyclic) bond motifs is 1. The van der Waals surface area contributed by atoms with Crippen molar-refractivity contribution in [2.75, 3.05) is 22.5 Å². The Morgan fingerprint density at radius 2 is 1.71 bits per heavy atom. The van der Waals surface area contributed by atoms with Crippen molar-refractivity contribution in [2.45, 2.75) is 6.92 Å². The first-order chi connectivity index (χ1) is 13.7. The average molecular weight is 373 g/mol. The number of anilines is 5. The molecule has 0 amide bonds. The zero-order valence-corrected chi connectivity index (χ0v) is 15.4. The Morgan fingerprint density at radius 1 is 0.964 bits per heavy atom. The lowest BCUT2D eigenvalue weighted by Crippen LogP contribution is -2.20. The van der Waals surface area contributed by atoms with Gasteiger partial charge in [0.25, 0.3) is 0 Å². The molecule has 0 radical (unpaired) electrons. The lowest BCUT2D eigenvalue weighted by Gasteiger charge is -2.25. The number of nitrogens with one attached hydrogen (secondary N) is 1. The zero-order chi connectivity index (χ0) is 19.5. The van der Waals surface area contributed by atoms with Crippen molar-refractivity contribution in [3.63, 3.8) is 0 Å². The summed E-state index contributed by atoms with van der Waals surface area (Å²) in [7, 11) is 0. The van der Waals surface area contributed by atoms with Gasteiger partial charge in [-0.15, -0.1) is 0 Å². The van der Waals surface area contributed by atoms with Crippen molar-refractivity contribution < 1.29 is 4.39 Å². The van der Waals surface area contributed by atoms with Gasteiger partial charge in [-0.05, 0) is 42.6 Å². The fourth-order valence-corrected chi connectivity index (χ4v) is 3.25. The summed E-state index contributed by atoms with van der Waals surface area (Å²) in [6.45, 7) is 2.74. The molecule has 4 rings (SSSR count). The van der Waals surface area contributed by atoms with Crippen LogP contribution >= 0.6 is 0 Å². The van der Waals surface area contributed by atoms with Gasteiger partial charge >= 0.3 is 0 Å². The Hall–Kier alpha value is -3.67. The van der Waals surface area contributed by atoms with Crippen LogP contribution in [0, 0.1) is 5.82 Å². The second kappa shape index (κ2) is 7.52. The van der Waals surface area contributed by atoms with Gasteiger partial charge in [0.05, 0.1) is 5.69 Å². The Bertz CT molecular complexity index is 1110. The zero-order valence-electron chi connectivity index (χ0n) is 15.4. The van der Waals surface area contributed by atoms with Gasteiger partial charge in [-0.2, -0.15) is 0 Å². The van der Waals surface area contributed by atoms with Crippen LogP contribution in [0.5, 0.6) is 0 Å². The molecule has 0 fully saturated rings. The first-order valence-corrected chi connectivity index (χ1v) is 9.05. The van der Waals surface area contributed by atoms with Gasteiger partial charge < -0.3 is 16.0 Å². The molecule has 4 aromatic rings. The van der Waals surface area contributed by atoms with Crippen LogP contribution in [0.15, 0.2) is 73.1 Å². The molecule has 0 spiro atoms. The third-order valence-corrected chi connectivity index (χ3v) is 4.60. The van der Waals surface area contributed by atoms with Crippen molar-refractivity contribution in [3.8, 4) is 0 Å². The third kappa shape index (κ3) is 3.32. The van der Waals surface area contributed by atoms with Gasteiger partial charge in [-0.25, -0.2) is 14.4 Å². The molecule has 0 atom stereocenters. The van der Waals surface area contributed by atoms with Crippen LogP contribution in [0.2, 0.25) is 0 Å². The first-order valence-electron chi connectivity index (χ1n) is 9.05. The van der Waals surface area contributed by atoms with Crippen molar-refractivity contribution in [2.24, 2.45) is 0 Å². The summed E-state index contributed by atoms with van der Waals surface area (Å²) < 4.78 is 13.2. The lowest BCUT2D eigenvalue weighted by molar-refractivity contribution is 0.628. The highest BCUT2D eigenvalue weighted by molar-refractivity contribution is 5.97. The van der Waals surface area contributed by atoms with Gasteiger partial charge in [-0.3, -0.25) is 0 Å². The standard InChI is InChI=1S/C22H20FN5/c1-2-28(19-9-5-7-15-6-3-4-8-18(15)19)22-20(24)21(25-14-26-22)27-17-12-10-16(23)11-13-17/h3-14H,2,24H2,1H3,(H,25,26,27). The molecule has 0 saturated carbocycles. The highest BCUT2D eigenvalue weighted by Gasteiger charge is 2.17. The van der Waals surface area contributed by atoms with Crippen molar-refractivity contribution in [1.29, 1.82) is 0 Å². The normalized spacial score (nSPS) is 10.8. The van der Waals surface area contributed by atoms with E-state index in [1.807, 2.05) is 18.2 Å². The molecule has 6 heteroatoms. The minimum absolute atomic E-state index is 0.296. The Morgan fingerprint density at radius 3 is 2.50 bits per heavy atom. The molecule has 0 aliphatic carbocycles. The maximum Gasteiger partial charge on any atom is 0.161 e. The number of hydrogen-bond acceptors (Lipinski definition) is 5. The molecular weight excluding hydrogens is 353 g/mol. The van der Waals surface area contributed by atoms with E-state index in [1.54, 1.807) is 12.1 Å². The summed E-state index contributed by atoms with van der Waals surface area (Å²) in [5, 5.41) is 5.41. The second-order valence-electron chi connectivity index (χ2n) is 6.33. The van der Waals surface area contributed by atoms with Crippen LogP contribution in [-0.2, 0) is 0 Å². The molecule has 1 aromatic heterocycles. The van der Waals surface area contributed by atoms with Crippen molar-refractivity contribution in [3.05, 3.63) is 78.9 Å². The van der Waals surface area contributed by atoms with Crippen molar-refractivity contribution in [1.82, 2.24) is 9.97 Å². The largest absolute Gasteiger partial charge is 0.393 e. The number of nitrogens with two attached hydrogens (primary N) is 1. The molecule has 3 aromatic carbocycles. The maximum absolute atomic E-state index is 13.2. The fourth-order valence-electron chi connectivity index (χ4n) is 3.25. The van der Waals surface area contributed by atoms with E-state index in [1.165, 1.54) is 18.5 Å². The molecule has 0 aliphatic rings. The summed E-state index contributed by atoms with van der Waals surface area (Å²) in [6.07, 6.45) is 1.48. The number of benzene rings is 3. The summed E-state index contributed by atoms with van der Waals surface area (Å²) in [5.74, 6) is 0.809. The van der Waals surface area contributed by atoms with Crippen LogP contribution in [0.4, 0.5) is 33.1 Å². The summed E-state index contributed by atoms with van der Waals surface area (Å²) >= 11 is 0. The predicted octanol–water partition coefficient (Wildman–Crippen LogP) is 5.25. The van der Waals surface area contributed by atoms with Crippen LogP contribution in [0.3, 0.4) is 0 Å². The van der Waals surface area contributed by atoms with E-state index in [0.717, 1.165) is 16.5 Å². The number of nitrogen functional groups attached to an aromatic ring is 1. The van der Waals surface area contributed by atoms with Gasteiger partial charge in [0.15, 0.2) is 11.6 Å². The Kier molecular flexibility index (Phi) is 4.76. The Labute approximate surface area is 162 Å². The minimum atomic E-state index is -0.296. The van der Waals surface area contributed by atoms with E-state index < -0.39 is 0 Å². The minimum Gasteiger partial charge on any atom is -0.393 e. The number of rotatable bonds is 5. The monoisotopic (exact) mass is 373 g/mol. The molecule has 0 unspecified atom stereocenters. The quantitative estimate of drug-likeness (QED) is 0.500. The van der Waals surface area contributed by atoms with E-state index in [0.29, 0.717) is 29.6 Å². The number of hydrogen-bond donors (Lipinski definition) is 2. The summed E-state index contributed by atoms with van der Waals surface area (Å²) in [6, 6.07) is 20.4.